The molecular weight excluding hydrogens is 218 g/mol. The molecule has 0 radical (unpaired) electrons. The van der Waals surface area contributed by atoms with Crippen LogP contribution in [0.2, 0.25) is 0 Å². The van der Waals surface area contributed by atoms with Gasteiger partial charge in [0.25, 0.3) is 0 Å². The number of nitrogens with one attached hydrogen (secondary N) is 1. The molecule has 0 aliphatic carbocycles. The van der Waals surface area contributed by atoms with Gasteiger partial charge in [-0.25, -0.2) is 14.8 Å². The maximum absolute atomic E-state index is 10.9. The molecule has 0 fully saturated rings. The van der Waals surface area contributed by atoms with Crippen molar-refractivity contribution >= 4 is 17.3 Å². The third kappa shape index (κ3) is 2.57. The lowest BCUT2D eigenvalue weighted by Crippen LogP contribution is -2.00. The standard InChI is InChI=1S/C12H11N3O2/c1-8-4-9(2-3-11(8)12(16)17)15-10-5-13-7-14-6-10/h2-7,15H,1H3,(H,16,17). The number of hydrogen-bond donors (Lipinski definition) is 2. The van der Waals surface area contributed by atoms with E-state index in [-0.39, 0.29) is 0 Å². The summed E-state index contributed by atoms with van der Waals surface area (Å²) >= 11 is 0. The van der Waals surface area contributed by atoms with E-state index in [1.54, 1.807) is 37.5 Å². The molecule has 0 aliphatic heterocycles. The smallest absolute Gasteiger partial charge is 0.335 e. The van der Waals surface area contributed by atoms with E-state index in [0.717, 1.165) is 11.4 Å². The largest absolute Gasteiger partial charge is 0.478 e. The van der Waals surface area contributed by atoms with Gasteiger partial charge < -0.3 is 10.4 Å². The van der Waals surface area contributed by atoms with Gasteiger partial charge in [0.05, 0.1) is 23.6 Å². The number of aryl methyl sites for hydroxylation is 1. The van der Waals surface area contributed by atoms with Crippen molar-refractivity contribution in [3.63, 3.8) is 0 Å². The van der Waals surface area contributed by atoms with Gasteiger partial charge in [-0.15, -0.1) is 0 Å². The summed E-state index contributed by atoms with van der Waals surface area (Å²) in [6, 6.07) is 5.06. The molecular formula is C12H11N3O2. The monoisotopic (exact) mass is 229 g/mol. The highest BCUT2D eigenvalue weighted by Gasteiger charge is 2.07. The highest BCUT2D eigenvalue weighted by Crippen LogP contribution is 2.18. The zero-order chi connectivity index (χ0) is 12.3. The van der Waals surface area contributed by atoms with E-state index >= 15 is 0 Å². The second-order valence-corrected chi connectivity index (χ2v) is 3.59. The first-order valence-corrected chi connectivity index (χ1v) is 5.03. The highest BCUT2D eigenvalue weighted by atomic mass is 16.4. The molecule has 1 aromatic carbocycles. The van der Waals surface area contributed by atoms with Gasteiger partial charge in [0, 0.05) is 5.69 Å². The van der Waals surface area contributed by atoms with E-state index < -0.39 is 5.97 Å². The number of nitrogens with zero attached hydrogens (tertiary/aromatic N) is 2. The molecule has 1 aromatic heterocycles. The SMILES string of the molecule is Cc1cc(Nc2cncnc2)ccc1C(=O)O. The van der Waals surface area contributed by atoms with E-state index in [1.807, 2.05) is 0 Å². The van der Waals surface area contributed by atoms with Gasteiger partial charge in [0.2, 0.25) is 0 Å². The molecule has 0 saturated heterocycles. The normalized spacial score (nSPS) is 9.94. The fourth-order valence-corrected chi connectivity index (χ4v) is 1.51. The Kier molecular flexibility index (Phi) is 3.00. The van der Waals surface area contributed by atoms with E-state index in [2.05, 4.69) is 15.3 Å². The van der Waals surface area contributed by atoms with E-state index in [4.69, 9.17) is 5.11 Å². The first-order valence-electron chi connectivity index (χ1n) is 5.03. The summed E-state index contributed by atoms with van der Waals surface area (Å²) in [6.45, 7) is 1.76. The van der Waals surface area contributed by atoms with Crippen LogP contribution < -0.4 is 5.32 Å². The Labute approximate surface area is 98.2 Å². The third-order valence-electron chi connectivity index (χ3n) is 2.31. The van der Waals surface area contributed by atoms with Gasteiger partial charge in [-0.3, -0.25) is 0 Å². The predicted octanol–water partition coefficient (Wildman–Crippen LogP) is 2.23. The van der Waals surface area contributed by atoms with Crippen molar-refractivity contribution in [3.8, 4) is 0 Å². The van der Waals surface area contributed by atoms with Gasteiger partial charge in [-0.2, -0.15) is 0 Å². The minimum absolute atomic E-state index is 0.305. The summed E-state index contributed by atoms with van der Waals surface area (Å²) in [6.07, 6.45) is 4.74. The first kappa shape index (κ1) is 11.1. The summed E-state index contributed by atoms with van der Waals surface area (Å²) in [4.78, 5) is 18.6. The van der Waals surface area contributed by atoms with Crippen LogP contribution in [0.15, 0.2) is 36.9 Å². The molecule has 0 amide bonds. The third-order valence-corrected chi connectivity index (χ3v) is 2.31. The Hall–Kier alpha value is -2.43. The minimum Gasteiger partial charge on any atom is -0.478 e. The summed E-state index contributed by atoms with van der Waals surface area (Å²) in [5, 5.41) is 12.0. The van der Waals surface area contributed by atoms with Crippen LogP contribution in [-0.4, -0.2) is 21.0 Å². The molecule has 2 aromatic rings. The van der Waals surface area contributed by atoms with Gasteiger partial charge in [0.1, 0.15) is 6.33 Å². The van der Waals surface area contributed by atoms with Crippen molar-refractivity contribution < 1.29 is 9.90 Å². The molecule has 0 atom stereocenters. The molecule has 0 unspecified atom stereocenters. The molecule has 0 bridgehead atoms. The van der Waals surface area contributed by atoms with Crippen molar-refractivity contribution in [3.05, 3.63) is 48.0 Å². The number of carboxylic acid groups (broad SMARTS) is 1. The number of anilines is 2. The van der Waals surface area contributed by atoms with Crippen LogP contribution in [0.25, 0.3) is 0 Å². The zero-order valence-electron chi connectivity index (χ0n) is 9.21. The number of aromatic nitrogens is 2. The molecule has 2 N–H and O–H groups in total. The number of aromatic carboxylic acids is 1. The fourth-order valence-electron chi connectivity index (χ4n) is 1.51. The summed E-state index contributed by atoms with van der Waals surface area (Å²) in [5.74, 6) is -0.919. The van der Waals surface area contributed by atoms with E-state index in [1.165, 1.54) is 6.33 Å². The number of rotatable bonds is 3. The zero-order valence-corrected chi connectivity index (χ0v) is 9.21. The Morgan fingerprint density at radius 1 is 1.24 bits per heavy atom. The van der Waals surface area contributed by atoms with Crippen molar-refractivity contribution in [1.82, 2.24) is 9.97 Å². The minimum atomic E-state index is -0.919. The lowest BCUT2D eigenvalue weighted by atomic mass is 10.1. The predicted molar refractivity (Wildman–Crippen MR) is 63.5 cm³/mol. The second-order valence-electron chi connectivity index (χ2n) is 3.59. The Morgan fingerprint density at radius 2 is 1.94 bits per heavy atom. The number of benzene rings is 1. The average molecular weight is 229 g/mol. The van der Waals surface area contributed by atoms with Crippen LogP contribution in [0.5, 0.6) is 0 Å². The maximum Gasteiger partial charge on any atom is 0.335 e. The summed E-state index contributed by atoms with van der Waals surface area (Å²) < 4.78 is 0. The Morgan fingerprint density at radius 3 is 2.53 bits per heavy atom. The molecule has 5 heteroatoms. The molecule has 0 spiro atoms. The molecule has 5 nitrogen and oxygen atoms in total. The van der Waals surface area contributed by atoms with Gasteiger partial charge in [0.15, 0.2) is 0 Å². The molecule has 0 aliphatic rings. The van der Waals surface area contributed by atoms with Gasteiger partial charge in [-0.05, 0) is 30.7 Å². The van der Waals surface area contributed by atoms with E-state index in [9.17, 15) is 4.79 Å². The first-order chi connectivity index (χ1) is 8.16. The lowest BCUT2D eigenvalue weighted by Gasteiger charge is -2.07. The second kappa shape index (κ2) is 4.61. The summed E-state index contributed by atoms with van der Waals surface area (Å²) in [7, 11) is 0. The van der Waals surface area contributed by atoms with Crippen molar-refractivity contribution in [2.75, 3.05) is 5.32 Å². The van der Waals surface area contributed by atoms with Gasteiger partial charge in [-0.1, -0.05) is 0 Å². The average Bonchev–Trinajstić information content (AvgIpc) is 2.30. The van der Waals surface area contributed by atoms with Crippen molar-refractivity contribution in [2.45, 2.75) is 6.92 Å². The Bertz CT molecular complexity index is 541. The van der Waals surface area contributed by atoms with Crippen molar-refractivity contribution in [2.24, 2.45) is 0 Å². The molecule has 17 heavy (non-hydrogen) atoms. The van der Waals surface area contributed by atoms with Crippen molar-refractivity contribution in [1.29, 1.82) is 0 Å². The molecule has 86 valence electrons. The topological polar surface area (TPSA) is 75.1 Å². The van der Waals surface area contributed by atoms with Crippen LogP contribution in [0, 0.1) is 6.92 Å². The van der Waals surface area contributed by atoms with Crippen LogP contribution in [0.4, 0.5) is 11.4 Å². The van der Waals surface area contributed by atoms with Crippen LogP contribution in [0.1, 0.15) is 15.9 Å². The van der Waals surface area contributed by atoms with Crippen LogP contribution in [0.3, 0.4) is 0 Å². The van der Waals surface area contributed by atoms with Gasteiger partial charge >= 0.3 is 5.97 Å². The fraction of sp³-hybridized carbons (Fsp3) is 0.0833. The number of hydrogen-bond acceptors (Lipinski definition) is 4. The van der Waals surface area contributed by atoms with Crippen LogP contribution >= 0.6 is 0 Å². The molecule has 2 rings (SSSR count). The van der Waals surface area contributed by atoms with Crippen LogP contribution in [-0.2, 0) is 0 Å². The molecule has 0 saturated carbocycles. The van der Waals surface area contributed by atoms with E-state index in [0.29, 0.717) is 11.1 Å². The number of carboxylic acids is 1. The Balaban J connectivity index is 2.24. The quantitative estimate of drug-likeness (QED) is 0.844. The molecule has 1 heterocycles. The highest BCUT2D eigenvalue weighted by molar-refractivity contribution is 5.90. The number of carbonyl (C=O) groups is 1. The maximum atomic E-state index is 10.9. The lowest BCUT2D eigenvalue weighted by molar-refractivity contribution is 0.0696. The summed E-state index contributed by atoms with van der Waals surface area (Å²) in [5.41, 5.74) is 2.58.